The molecule has 2 rings (SSSR count). The lowest BCUT2D eigenvalue weighted by Gasteiger charge is -2.34. The van der Waals surface area contributed by atoms with Crippen LogP contribution in [-0.4, -0.2) is 11.2 Å². The van der Waals surface area contributed by atoms with Crippen LogP contribution in [0.3, 0.4) is 0 Å². The molecule has 1 heteroatoms. The second kappa shape index (κ2) is 4.19. The zero-order valence-corrected chi connectivity index (χ0v) is 9.24. The lowest BCUT2D eigenvalue weighted by molar-refractivity contribution is 0.132. The van der Waals surface area contributed by atoms with E-state index in [9.17, 15) is 5.11 Å². The third-order valence-corrected chi connectivity index (χ3v) is 3.36. The van der Waals surface area contributed by atoms with Crippen molar-refractivity contribution in [2.45, 2.75) is 38.2 Å². The summed E-state index contributed by atoms with van der Waals surface area (Å²) in [6.07, 6.45) is 2.49. The van der Waals surface area contributed by atoms with Gasteiger partial charge in [-0.05, 0) is 30.4 Å². The SMILES string of the molecule is C=C(CC)CC(O)C1Cc2ccccc21. The van der Waals surface area contributed by atoms with Crippen LogP contribution in [0.2, 0.25) is 0 Å². The van der Waals surface area contributed by atoms with E-state index in [-0.39, 0.29) is 6.10 Å². The monoisotopic (exact) mass is 202 g/mol. The fourth-order valence-electron chi connectivity index (χ4n) is 2.22. The Labute approximate surface area is 91.4 Å². The van der Waals surface area contributed by atoms with Gasteiger partial charge in [0.05, 0.1) is 6.10 Å². The first-order chi connectivity index (χ1) is 7.22. The number of fused-ring (bicyclic) bond motifs is 1. The molecule has 0 bridgehead atoms. The van der Waals surface area contributed by atoms with Crippen LogP contribution in [0, 0.1) is 0 Å². The first kappa shape index (κ1) is 10.4. The number of aliphatic hydroxyl groups is 1. The molecular weight excluding hydrogens is 184 g/mol. The second-order valence-corrected chi connectivity index (χ2v) is 4.38. The molecule has 1 N–H and O–H groups in total. The molecule has 80 valence electrons. The molecule has 0 fully saturated rings. The van der Waals surface area contributed by atoms with E-state index in [1.165, 1.54) is 11.1 Å². The van der Waals surface area contributed by atoms with Gasteiger partial charge in [-0.25, -0.2) is 0 Å². The lowest BCUT2D eigenvalue weighted by atomic mass is 9.73. The summed E-state index contributed by atoms with van der Waals surface area (Å²) in [6.45, 7) is 6.04. The number of hydrogen-bond acceptors (Lipinski definition) is 1. The third kappa shape index (κ3) is 1.98. The van der Waals surface area contributed by atoms with Gasteiger partial charge in [-0.1, -0.05) is 43.3 Å². The highest BCUT2D eigenvalue weighted by molar-refractivity contribution is 5.41. The highest BCUT2D eigenvalue weighted by Crippen LogP contribution is 2.38. The average molecular weight is 202 g/mol. The van der Waals surface area contributed by atoms with Crippen LogP contribution in [0.1, 0.15) is 36.8 Å². The summed E-state index contributed by atoms with van der Waals surface area (Å²) in [7, 11) is 0. The predicted molar refractivity (Wildman–Crippen MR) is 62.9 cm³/mol. The Morgan fingerprint density at radius 2 is 2.27 bits per heavy atom. The Morgan fingerprint density at radius 1 is 1.53 bits per heavy atom. The Morgan fingerprint density at radius 3 is 2.93 bits per heavy atom. The van der Waals surface area contributed by atoms with Gasteiger partial charge in [-0.15, -0.1) is 0 Å². The van der Waals surface area contributed by atoms with Gasteiger partial charge in [0.1, 0.15) is 0 Å². The van der Waals surface area contributed by atoms with Crippen molar-refractivity contribution in [3.63, 3.8) is 0 Å². The molecule has 1 nitrogen and oxygen atoms in total. The van der Waals surface area contributed by atoms with E-state index in [0.717, 1.165) is 24.8 Å². The van der Waals surface area contributed by atoms with Crippen LogP contribution in [0.25, 0.3) is 0 Å². The summed E-state index contributed by atoms with van der Waals surface area (Å²) in [5.41, 5.74) is 3.87. The van der Waals surface area contributed by atoms with Crippen LogP contribution in [0.15, 0.2) is 36.4 Å². The quantitative estimate of drug-likeness (QED) is 0.744. The van der Waals surface area contributed by atoms with Crippen LogP contribution in [0.5, 0.6) is 0 Å². The Hall–Kier alpha value is -1.08. The summed E-state index contributed by atoms with van der Waals surface area (Å²) in [6, 6.07) is 8.38. The molecule has 0 radical (unpaired) electrons. The molecule has 1 aliphatic rings. The minimum atomic E-state index is -0.243. The molecule has 0 saturated heterocycles. The first-order valence-corrected chi connectivity index (χ1v) is 5.65. The van der Waals surface area contributed by atoms with Crippen LogP contribution in [0.4, 0.5) is 0 Å². The predicted octanol–water partition coefficient (Wildman–Crippen LogP) is 3.04. The van der Waals surface area contributed by atoms with E-state index in [4.69, 9.17) is 0 Å². The second-order valence-electron chi connectivity index (χ2n) is 4.38. The number of hydrogen-bond donors (Lipinski definition) is 1. The number of aliphatic hydroxyl groups excluding tert-OH is 1. The molecule has 2 unspecified atom stereocenters. The maximum Gasteiger partial charge on any atom is 0.0648 e. The van der Waals surface area contributed by atoms with E-state index < -0.39 is 0 Å². The van der Waals surface area contributed by atoms with Crippen molar-refractivity contribution >= 4 is 0 Å². The molecule has 1 aliphatic carbocycles. The highest BCUT2D eigenvalue weighted by atomic mass is 16.3. The van der Waals surface area contributed by atoms with Crippen LogP contribution < -0.4 is 0 Å². The van der Waals surface area contributed by atoms with E-state index in [2.05, 4.69) is 31.7 Å². The summed E-state index contributed by atoms with van der Waals surface area (Å²) in [4.78, 5) is 0. The van der Waals surface area contributed by atoms with Crippen molar-refractivity contribution in [3.05, 3.63) is 47.5 Å². The Balaban J connectivity index is 2.01. The van der Waals surface area contributed by atoms with Crippen molar-refractivity contribution in [3.8, 4) is 0 Å². The molecule has 2 atom stereocenters. The topological polar surface area (TPSA) is 20.2 Å². The van der Waals surface area contributed by atoms with Crippen molar-refractivity contribution in [1.82, 2.24) is 0 Å². The summed E-state index contributed by atoms with van der Waals surface area (Å²) in [5.74, 6) is 0.337. The fourth-order valence-corrected chi connectivity index (χ4v) is 2.22. The summed E-state index contributed by atoms with van der Waals surface area (Å²) >= 11 is 0. The highest BCUT2D eigenvalue weighted by Gasteiger charge is 2.31. The fraction of sp³-hybridized carbons (Fsp3) is 0.429. The van der Waals surface area contributed by atoms with E-state index in [1.54, 1.807) is 0 Å². The summed E-state index contributed by atoms with van der Waals surface area (Å²) < 4.78 is 0. The van der Waals surface area contributed by atoms with E-state index >= 15 is 0 Å². The van der Waals surface area contributed by atoms with E-state index in [1.807, 2.05) is 6.07 Å². The standard InChI is InChI=1S/C14H18O/c1-3-10(2)8-14(15)13-9-11-6-4-5-7-12(11)13/h4-7,13-15H,2-3,8-9H2,1H3. The largest absolute Gasteiger partial charge is 0.392 e. The minimum absolute atomic E-state index is 0.243. The maximum absolute atomic E-state index is 10.1. The van der Waals surface area contributed by atoms with Gasteiger partial charge in [0.15, 0.2) is 0 Å². The zero-order valence-electron chi connectivity index (χ0n) is 9.24. The first-order valence-electron chi connectivity index (χ1n) is 5.65. The number of benzene rings is 1. The molecule has 0 aromatic heterocycles. The molecule has 15 heavy (non-hydrogen) atoms. The average Bonchev–Trinajstić information content (AvgIpc) is 2.19. The molecule has 1 aromatic carbocycles. The lowest BCUT2D eigenvalue weighted by Crippen LogP contribution is -2.29. The van der Waals surface area contributed by atoms with Gasteiger partial charge in [0, 0.05) is 5.92 Å². The smallest absolute Gasteiger partial charge is 0.0648 e. The Kier molecular flexibility index (Phi) is 2.92. The molecule has 1 aromatic rings. The van der Waals surface area contributed by atoms with Crippen molar-refractivity contribution in [1.29, 1.82) is 0 Å². The molecule has 0 amide bonds. The van der Waals surface area contributed by atoms with Crippen molar-refractivity contribution < 1.29 is 5.11 Å². The van der Waals surface area contributed by atoms with Gasteiger partial charge in [0.2, 0.25) is 0 Å². The molecule has 0 aliphatic heterocycles. The van der Waals surface area contributed by atoms with Crippen LogP contribution >= 0.6 is 0 Å². The maximum atomic E-state index is 10.1. The van der Waals surface area contributed by atoms with Gasteiger partial charge in [0.25, 0.3) is 0 Å². The number of rotatable bonds is 4. The van der Waals surface area contributed by atoms with E-state index in [0.29, 0.717) is 5.92 Å². The minimum Gasteiger partial charge on any atom is -0.392 e. The Bertz CT molecular complexity index is 367. The zero-order chi connectivity index (χ0) is 10.8. The van der Waals surface area contributed by atoms with Crippen molar-refractivity contribution in [2.24, 2.45) is 0 Å². The van der Waals surface area contributed by atoms with Crippen molar-refractivity contribution in [2.75, 3.05) is 0 Å². The normalized spacial score (nSPS) is 20.3. The van der Waals surface area contributed by atoms with Gasteiger partial charge >= 0.3 is 0 Å². The molecular formula is C14H18O. The molecule has 0 heterocycles. The van der Waals surface area contributed by atoms with Crippen LogP contribution in [-0.2, 0) is 6.42 Å². The third-order valence-electron chi connectivity index (χ3n) is 3.36. The van der Waals surface area contributed by atoms with Gasteiger partial charge in [-0.3, -0.25) is 0 Å². The van der Waals surface area contributed by atoms with Gasteiger partial charge in [-0.2, -0.15) is 0 Å². The molecule has 0 saturated carbocycles. The summed E-state index contributed by atoms with van der Waals surface area (Å²) in [5, 5.41) is 10.1. The molecule has 0 spiro atoms. The van der Waals surface area contributed by atoms with Gasteiger partial charge < -0.3 is 5.11 Å².